The maximum absolute atomic E-state index is 12.5. The van der Waals surface area contributed by atoms with Crippen molar-refractivity contribution in [3.05, 3.63) is 17.0 Å². The van der Waals surface area contributed by atoms with Crippen LogP contribution < -0.4 is 5.32 Å². The van der Waals surface area contributed by atoms with Gasteiger partial charge in [-0.25, -0.2) is 0 Å². The fraction of sp³-hybridized carbons (Fsp3) is 0.625. The Kier molecular flexibility index (Phi) is 4.06. The zero-order valence-electron chi connectivity index (χ0n) is 13.9. The van der Waals surface area contributed by atoms with Gasteiger partial charge in [0.25, 0.3) is 0 Å². The first-order chi connectivity index (χ1) is 11.3. The minimum atomic E-state index is -0.947. The van der Waals surface area contributed by atoms with Crippen LogP contribution in [0.1, 0.15) is 36.2 Å². The fourth-order valence-electron chi connectivity index (χ4n) is 3.85. The number of hydrogen-bond donors (Lipinski definition) is 3. The first-order valence-corrected chi connectivity index (χ1v) is 8.14. The summed E-state index contributed by atoms with van der Waals surface area (Å²) in [5, 5.41) is 19.2. The van der Waals surface area contributed by atoms with E-state index in [2.05, 4.69) is 15.5 Å². The van der Waals surface area contributed by atoms with Crippen LogP contribution in [0, 0.1) is 19.8 Å². The number of carboxylic acids is 1. The molecule has 0 aliphatic carbocycles. The van der Waals surface area contributed by atoms with Gasteiger partial charge in [0.05, 0.1) is 23.6 Å². The van der Waals surface area contributed by atoms with E-state index in [0.717, 1.165) is 17.0 Å². The Morgan fingerprint density at radius 1 is 1.33 bits per heavy atom. The van der Waals surface area contributed by atoms with Crippen LogP contribution in [-0.2, 0) is 20.8 Å². The number of rotatable bonds is 3. The second-order valence-corrected chi connectivity index (χ2v) is 6.77. The molecule has 8 nitrogen and oxygen atoms in total. The molecule has 0 aromatic carbocycles. The van der Waals surface area contributed by atoms with Gasteiger partial charge in [-0.15, -0.1) is 0 Å². The van der Waals surface area contributed by atoms with Crippen LogP contribution in [0.5, 0.6) is 0 Å². The van der Waals surface area contributed by atoms with Gasteiger partial charge in [0.15, 0.2) is 0 Å². The number of likely N-dealkylation sites (tertiary alicyclic amines) is 1. The summed E-state index contributed by atoms with van der Waals surface area (Å²) in [5.74, 6) is -1.86. The second kappa shape index (κ2) is 5.92. The van der Waals surface area contributed by atoms with Gasteiger partial charge in [-0.3, -0.25) is 19.5 Å². The molecule has 2 aliphatic rings. The number of nitrogens with zero attached hydrogens (tertiary/aromatic N) is 2. The largest absolute Gasteiger partial charge is 0.481 e. The van der Waals surface area contributed by atoms with Gasteiger partial charge in [0.2, 0.25) is 11.8 Å². The van der Waals surface area contributed by atoms with E-state index >= 15 is 0 Å². The molecule has 3 N–H and O–H groups in total. The predicted octanol–water partition coefficient (Wildman–Crippen LogP) is 0.151. The Hall–Kier alpha value is -2.38. The smallest absolute Gasteiger partial charge is 0.309 e. The van der Waals surface area contributed by atoms with E-state index < -0.39 is 17.4 Å². The second-order valence-electron chi connectivity index (χ2n) is 6.77. The number of aryl methyl sites for hydroxylation is 2. The number of carbonyl (C=O) groups excluding carboxylic acids is 2. The van der Waals surface area contributed by atoms with Crippen LogP contribution in [-0.4, -0.2) is 56.6 Å². The van der Waals surface area contributed by atoms with E-state index in [-0.39, 0.29) is 24.7 Å². The molecule has 2 aliphatic heterocycles. The summed E-state index contributed by atoms with van der Waals surface area (Å²) in [6.07, 6.45) is 1.27. The highest BCUT2D eigenvalue weighted by molar-refractivity contribution is 5.88. The van der Waals surface area contributed by atoms with Crippen LogP contribution in [0.15, 0.2) is 0 Å². The van der Waals surface area contributed by atoms with E-state index in [4.69, 9.17) is 0 Å². The SMILES string of the molecule is Cc1n[nH]c(C)c1CC(=O)N1CCC2(CC1)NC(=O)C[C@H]2C(=O)O. The Labute approximate surface area is 139 Å². The first-order valence-electron chi connectivity index (χ1n) is 8.14. The van der Waals surface area contributed by atoms with Crippen LogP contribution in [0.4, 0.5) is 0 Å². The third-order valence-electron chi connectivity index (χ3n) is 5.36. The van der Waals surface area contributed by atoms with Crippen molar-refractivity contribution in [1.29, 1.82) is 0 Å². The normalized spacial score (nSPS) is 22.7. The zero-order chi connectivity index (χ0) is 17.5. The molecule has 1 aromatic heterocycles. The van der Waals surface area contributed by atoms with Gasteiger partial charge in [-0.2, -0.15) is 5.10 Å². The Morgan fingerprint density at radius 2 is 2.00 bits per heavy atom. The van der Waals surface area contributed by atoms with Crippen LogP contribution in [0.3, 0.4) is 0 Å². The molecule has 24 heavy (non-hydrogen) atoms. The zero-order valence-corrected chi connectivity index (χ0v) is 13.9. The molecule has 2 saturated heterocycles. The number of aromatic nitrogens is 2. The molecule has 2 fully saturated rings. The lowest BCUT2D eigenvalue weighted by Gasteiger charge is -2.41. The summed E-state index contributed by atoms with van der Waals surface area (Å²) >= 11 is 0. The van der Waals surface area contributed by atoms with Crippen molar-refractivity contribution < 1.29 is 19.5 Å². The van der Waals surface area contributed by atoms with E-state index in [0.29, 0.717) is 25.9 Å². The number of piperidine rings is 1. The van der Waals surface area contributed by atoms with Crippen LogP contribution in [0.2, 0.25) is 0 Å². The molecule has 130 valence electrons. The van der Waals surface area contributed by atoms with Crippen molar-refractivity contribution in [3.63, 3.8) is 0 Å². The lowest BCUT2D eigenvalue weighted by molar-refractivity contribution is -0.145. The Balaban J connectivity index is 1.65. The van der Waals surface area contributed by atoms with Crippen molar-refractivity contribution in [1.82, 2.24) is 20.4 Å². The average molecular weight is 334 g/mol. The first kappa shape index (κ1) is 16.5. The minimum Gasteiger partial charge on any atom is -0.481 e. The number of aromatic amines is 1. The predicted molar refractivity (Wildman–Crippen MR) is 84.2 cm³/mol. The lowest BCUT2D eigenvalue weighted by atomic mass is 9.77. The average Bonchev–Trinajstić information content (AvgIpc) is 3.02. The highest BCUT2D eigenvalue weighted by Crippen LogP contribution is 2.37. The maximum atomic E-state index is 12.5. The Morgan fingerprint density at radius 3 is 2.54 bits per heavy atom. The molecule has 3 rings (SSSR count). The van der Waals surface area contributed by atoms with Gasteiger partial charge in [0, 0.05) is 30.8 Å². The van der Waals surface area contributed by atoms with Crippen molar-refractivity contribution >= 4 is 17.8 Å². The summed E-state index contributed by atoms with van der Waals surface area (Å²) in [4.78, 5) is 37.4. The van der Waals surface area contributed by atoms with E-state index in [1.165, 1.54) is 0 Å². The van der Waals surface area contributed by atoms with Crippen molar-refractivity contribution in [2.75, 3.05) is 13.1 Å². The number of aliphatic carboxylic acids is 1. The lowest BCUT2D eigenvalue weighted by Crippen LogP contribution is -2.56. The van der Waals surface area contributed by atoms with Crippen LogP contribution in [0.25, 0.3) is 0 Å². The minimum absolute atomic E-state index is 0.00801. The monoisotopic (exact) mass is 334 g/mol. The fourth-order valence-corrected chi connectivity index (χ4v) is 3.85. The van der Waals surface area contributed by atoms with Crippen molar-refractivity contribution in [3.8, 4) is 0 Å². The molecule has 1 aromatic rings. The summed E-state index contributed by atoms with van der Waals surface area (Å²) in [6.45, 7) is 4.67. The molecule has 3 heterocycles. The van der Waals surface area contributed by atoms with Gasteiger partial charge in [-0.05, 0) is 26.7 Å². The van der Waals surface area contributed by atoms with Crippen molar-refractivity contribution in [2.24, 2.45) is 5.92 Å². The molecule has 1 spiro atoms. The third kappa shape index (κ3) is 2.76. The van der Waals surface area contributed by atoms with Gasteiger partial charge < -0.3 is 15.3 Å². The van der Waals surface area contributed by atoms with E-state index in [9.17, 15) is 19.5 Å². The summed E-state index contributed by atoms with van der Waals surface area (Å²) in [7, 11) is 0. The molecule has 8 heteroatoms. The molecular weight excluding hydrogens is 312 g/mol. The highest BCUT2D eigenvalue weighted by Gasteiger charge is 2.51. The molecule has 0 radical (unpaired) electrons. The molecule has 0 unspecified atom stereocenters. The highest BCUT2D eigenvalue weighted by atomic mass is 16.4. The number of carboxylic acid groups (broad SMARTS) is 1. The van der Waals surface area contributed by atoms with Gasteiger partial charge >= 0.3 is 5.97 Å². The molecule has 0 saturated carbocycles. The number of H-pyrrole nitrogens is 1. The van der Waals surface area contributed by atoms with E-state index in [1.54, 1.807) is 4.90 Å². The van der Waals surface area contributed by atoms with Crippen molar-refractivity contribution in [2.45, 2.75) is 45.1 Å². The third-order valence-corrected chi connectivity index (χ3v) is 5.36. The molecule has 0 bridgehead atoms. The quantitative estimate of drug-likeness (QED) is 0.728. The number of carbonyl (C=O) groups is 3. The summed E-state index contributed by atoms with van der Waals surface area (Å²) < 4.78 is 0. The standard InChI is InChI=1S/C16H22N4O4/c1-9-11(10(2)19-18-9)7-14(22)20-5-3-16(4-6-20)12(15(23)24)8-13(21)17-16/h12H,3-8H2,1-2H3,(H,17,21)(H,18,19)(H,23,24)/t12-/m0/s1. The van der Waals surface area contributed by atoms with E-state index in [1.807, 2.05) is 13.8 Å². The summed E-state index contributed by atoms with van der Waals surface area (Å²) in [5.41, 5.74) is 1.92. The Bertz CT molecular complexity index is 669. The van der Waals surface area contributed by atoms with Gasteiger partial charge in [0.1, 0.15) is 0 Å². The summed E-state index contributed by atoms with van der Waals surface area (Å²) in [6, 6.07) is 0. The molecule has 2 amide bonds. The van der Waals surface area contributed by atoms with Gasteiger partial charge in [-0.1, -0.05) is 0 Å². The topological polar surface area (TPSA) is 115 Å². The number of nitrogens with one attached hydrogen (secondary N) is 2. The number of amides is 2. The molecule has 1 atom stereocenters. The maximum Gasteiger partial charge on any atom is 0.309 e. The number of hydrogen-bond acceptors (Lipinski definition) is 4. The van der Waals surface area contributed by atoms with Crippen LogP contribution >= 0.6 is 0 Å². The molecular formula is C16H22N4O4.